The van der Waals surface area contributed by atoms with Crippen molar-refractivity contribution in [2.24, 2.45) is 0 Å². The van der Waals surface area contributed by atoms with Crippen LogP contribution in [0.15, 0.2) is 17.2 Å². The Labute approximate surface area is 122 Å². The van der Waals surface area contributed by atoms with E-state index in [0.717, 1.165) is 6.42 Å². The van der Waals surface area contributed by atoms with Crippen molar-refractivity contribution in [1.82, 2.24) is 8.87 Å². The third-order valence-corrected chi connectivity index (χ3v) is 5.68. The average molecular weight is 302 g/mol. The molecule has 1 heterocycles. The number of aromatic nitrogens is 1. The second-order valence-corrected chi connectivity index (χ2v) is 7.18. The molecule has 0 fully saturated rings. The highest BCUT2D eigenvalue weighted by molar-refractivity contribution is 7.89. The first-order valence-electron chi connectivity index (χ1n) is 7.12. The first-order chi connectivity index (χ1) is 9.29. The normalized spacial score (nSPS) is 14.2. The lowest BCUT2D eigenvalue weighted by Crippen LogP contribution is -2.37. The van der Waals surface area contributed by atoms with Crippen LogP contribution in [0.3, 0.4) is 0 Å². The molecule has 1 unspecified atom stereocenters. The van der Waals surface area contributed by atoms with E-state index >= 15 is 0 Å². The molecule has 0 radical (unpaired) electrons. The van der Waals surface area contributed by atoms with Gasteiger partial charge in [0.1, 0.15) is 4.90 Å². The molecule has 0 aliphatic carbocycles. The molecule has 1 N–H and O–H groups in total. The van der Waals surface area contributed by atoms with E-state index in [1.165, 1.54) is 4.31 Å². The van der Waals surface area contributed by atoms with Crippen molar-refractivity contribution in [2.75, 3.05) is 6.54 Å². The van der Waals surface area contributed by atoms with E-state index in [9.17, 15) is 13.5 Å². The third-order valence-electron chi connectivity index (χ3n) is 3.63. The van der Waals surface area contributed by atoms with Gasteiger partial charge in [0.05, 0.1) is 6.61 Å². The van der Waals surface area contributed by atoms with Crippen LogP contribution < -0.4 is 0 Å². The summed E-state index contributed by atoms with van der Waals surface area (Å²) in [6.45, 7) is 9.93. The van der Waals surface area contributed by atoms with Crippen molar-refractivity contribution in [2.45, 2.75) is 64.6 Å². The van der Waals surface area contributed by atoms with Gasteiger partial charge in [0, 0.05) is 30.5 Å². The van der Waals surface area contributed by atoms with E-state index in [1.54, 1.807) is 16.8 Å². The predicted octanol–water partition coefficient (Wildman–Crippen LogP) is 2.37. The highest BCUT2D eigenvalue weighted by atomic mass is 32.2. The number of hydrogen-bond donors (Lipinski definition) is 1. The van der Waals surface area contributed by atoms with Crippen molar-refractivity contribution in [3.05, 3.63) is 18.0 Å². The summed E-state index contributed by atoms with van der Waals surface area (Å²) in [6.07, 6.45) is 2.39. The Hall–Kier alpha value is -0.850. The highest BCUT2D eigenvalue weighted by Crippen LogP contribution is 2.24. The Morgan fingerprint density at radius 1 is 1.30 bits per heavy atom. The standard InChI is InChI=1S/C14H26N2O3S/c1-6-12(5)16(7-2)20(18,19)14-8-13(10-17)15(9-14)11(3)4/h8-9,11-12,17H,6-7,10H2,1-5H3. The Kier molecular flexibility index (Phi) is 5.79. The lowest BCUT2D eigenvalue weighted by molar-refractivity contribution is 0.268. The molecule has 6 heteroatoms. The van der Waals surface area contributed by atoms with Crippen molar-refractivity contribution >= 4 is 10.0 Å². The van der Waals surface area contributed by atoms with Gasteiger partial charge >= 0.3 is 0 Å². The number of nitrogens with zero attached hydrogens (tertiary/aromatic N) is 2. The summed E-state index contributed by atoms with van der Waals surface area (Å²) in [5.41, 5.74) is 0.624. The van der Waals surface area contributed by atoms with Gasteiger partial charge in [0.2, 0.25) is 10.0 Å². The molecule has 1 aromatic rings. The lowest BCUT2D eigenvalue weighted by Gasteiger charge is -2.25. The summed E-state index contributed by atoms with van der Waals surface area (Å²) in [7, 11) is -3.51. The van der Waals surface area contributed by atoms with Crippen LogP contribution in [0.2, 0.25) is 0 Å². The van der Waals surface area contributed by atoms with Crippen LogP contribution in [-0.4, -0.2) is 35.0 Å². The summed E-state index contributed by atoms with van der Waals surface area (Å²) in [4.78, 5) is 0.261. The molecule has 0 bridgehead atoms. The summed E-state index contributed by atoms with van der Waals surface area (Å²) in [5.74, 6) is 0. The quantitative estimate of drug-likeness (QED) is 0.841. The molecule has 1 atom stereocenters. The van der Waals surface area contributed by atoms with E-state index in [1.807, 2.05) is 34.6 Å². The number of hydrogen-bond acceptors (Lipinski definition) is 3. The molecule has 0 aliphatic heterocycles. The van der Waals surface area contributed by atoms with Crippen LogP contribution in [0.5, 0.6) is 0 Å². The maximum absolute atomic E-state index is 12.7. The van der Waals surface area contributed by atoms with Gasteiger partial charge < -0.3 is 9.67 Å². The Morgan fingerprint density at radius 2 is 1.90 bits per heavy atom. The SMILES string of the molecule is CCC(C)N(CC)S(=O)(=O)c1cc(CO)n(C(C)C)c1. The number of rotatable bonds is 7. The Bertz CT molecular complexity index is 535. The molecule has 0 saturated heterocycles. The first-order valence-corrected chi connectivity index (χ1v) is 8.56. The van der Waals surface area contributed by atoms with Crippen LogP contribution in [0, 0.1) is 0 Å². The van der Waals surface area contributed by atoms with Crippen LogP contribution in [0.4, 0.5) is 0 Å². The van der Waals surface area contributed by atoms with Crippen LogP contribution in [0.25, 0.3) is 0 Å². The number of sulfonamides is 1. The smallest absolute Gasteiger partial charge is 0.244 e. The Morgan fingerprint density at radius 3 is 2.25 bits per heavy atom. The first kappa shape index (κ1) is 17.2. The van der Waals surface area contributed by atoms with E-state index in [0.29, 0.717) is 12.2 Å². The molecule has 0 saturated carbocycles. The molecular weight excluding hydrogens is 276 g/mol. The number of aliphatic hydroxyl groups is 1. The molecule has 5 nitrogen and oxygen atoms in total. The molecule has 0 aromatic carbocycles. The minimum atomic E-state index is -3.51. The molecule has 0 aliphatic rings. The van der Waals surface area contributed by atoms with E-state index < -0.39 is 10.0 Å². The van der Waals surface area contributed by atoms with E-state index in [-0.39, 0.29) is 23.6 Å². The monoisotopic (exact) mass is 302 g/mol. The van der Waals surface area contributed by atoms with Crippen molar-refractivity contribution in [3.8, 4) is 0 Å². The minimum absolute atomic E-state index is 0.0371. The maximum Gasteiger partial charge on any atom is 0.244 e. The molecule has 116 valence electrons. The molecule has 1 rings (SSSR count). The second kappa shape index (κ2) is 6.74. The fourth-order valence-electron chi connectivity index (χ4n) is 2.30. The molecule has 0 amide bonds. The van der Waals surface area contributed by atoms with Gasteiger partial charge in [-0.25, -0.2) is 8.42 Å². The van der Waals surface area contributed by atoms with E-state index in [2.05, 4.69) is 0 Å². The minimum Gasteiger partial charge on any atom is -0.390 e. The Balaban J connectivity index is 3.28. The van der Waals surface area contributed by atoms with Crippen LogP contribution in [-0.2, 0) is 16.6 Å². The fourth-order valence-corrected chi connectivity index (χ4v) is 4.07. The third kappa shape index (κ3) is 3.24. The van der Waals surface area contributed by atoms with Crippen LogP contribution in [0.1, 0.15) is 52.8 Å². The molecule has 0 spiro atoms. The van der Waals surface area contributed by atoms with Gasteiger partial charge in [-0.1, -0.05) is 13.8 Å². The van der Waals surface area contributed by atoms with Crippen LogP contribution >= 0.6 is 0 Å². The maximum atomic E-state index is 12.7. The van der Waals surface area contributed by atoms with Crippen molar-refractivity contribution in [1.29, 1.82) is 0 Å². The largest absolute Gasteiger partial charge is 0.390 e. The van der Waals surface area contributed by atoms with E-state index in [4.69, 9.17) is 0 Å². The summed E-state index contributed by atoms with van der Waals surface area (Å²) < 4.78 is 28.7. The van der Waals surface area contributed by atoms with Gasteiger partial charge in [-0.15, -0.1) is 0 Å². The van der Waals surface area contributed by atoms with Gasteiger partial charge in [0.25, 0.3) is 0 Å². The fraction of sp³-hybridized carbons (Fsp3) is 0.714. The van der Waals surface area contributed by atoms with Gasteiger partial charge in [0.15, 0.2) is 0 Å². The van der Waals surface area contributed by atoms with Crippen molar-refractivity contribution < 1.29 is 13.5 Å². The zero-order chi connectivity index (χ0) is 15.5. The summed E-state index contributed by atoms with van der Waals surface area (Å²) >= 11 is 0. The summed E-state index contributed by atoms with van der Waals surface area (Å²) in [6, 6.07) is 1.64. The zero-order valence-corrected chi connectivity index (χ0v) is 13.8. The van der Waals surface area contributed by atoms with Gasteiger partial charge in [-0.3, -0.25) is 0 Å². The predicted molar refractivity (Wildman–Crippen MR) is 80.1 cm³/mol. The molecule has 20 heavy (non-hydrogen) atoms. The topological polar surface area (TPSA) is 62.5 Å². The molecular formula is C14H26N2O3S. The lowest BCUT2D eigenvalue weighted by atomic mass is 10.3. The average Bonchev–Trinajstić information content (AvgIpc) is 2.83. The zero-order valence-electron chi connectivity index (χ0n) is 13.0. The van der Waals surface area contributed by atoms with Crippen molar-refractivity contribution in [3.63, 3.8) is 0 Å². The summed E-state index contributed by atoms with van der Waals surface area (Å²) in [5, 5.41) is 9.37. The van der Waals surface area contributed by atoms with Gasteiger partial charge in [-0.05, 0) is 33.3 Å². The second-order valence-electron chi connectivity index (χ2n) is 5.29. The van der Waals surface area contributed by atoms with Gasteiger partial charge in [-0.2, -0.15) is 4.31 Å². The molecule has 1 aromatic heterocycles. The number of aliphatic hydroxyl groups excluding tert-OH is 1. The highest BCUT2D eigenvalue weighted by Gasteiger charge is 2.28.